The zero-order chi connectivity index (χ0) is 15.4. The van der Waals surface area contributed by atoms with E-state index in [4.69, 9.17) is 0 Å². The van der Waals surface area contributed by atoms with E-state index in [2.05, 4.69) is 60.7 Å². The Morgan fingerprint density at radius 3 is 2.17 bits per heavy atom. The molecule has 0 unspecified atom stereocenters. The van der Waals surface area contributed by atoms with Crippen LogP contribution in [0.15, 0.2) is 33.7 Å². The molecule has 0 aromatic heterocycles. The van der Waals surface area contributed by atoms with Gasteiger partial charge >= 0.3 is 0 Å². The van der Waals surface area contributed by atoms with E-state index in [1.807, 2.05) is 7.05 Å². The normalized spacial score (nSPS) is 20.0. The van der Waals surface area contributed by atoms with Crippen LogP contribution in [0.2, 0.25) is 0 Å². The molecule has 0 amide bonds. The van der Waals surface area contributed by atoms with Crippen LogP contribution in [0, 0.1) is 0 Å². The van der Waals surface area contributed by atoms with Crippen molar-refractivity contribution in [1.29, 1.82) is 0 Å². The summed E-state index contributed by atoms with van der Waals surface area (Å²) in [6.45, 7) is 3.34. The quantitative estimate of drug-likeness (QED) is 0.384. The van der Waals surface area contributed by atoms with Gasteiger partial charge in [-0.05, 0) is 43.4 Å². The van der Waals surface area contributed by atoms with E-state index in [9.17, 15) is 0 Å². The Balaban J connectivity index is 0.00000192. The first-order chi connectivity index (χ1) is 10.7. The summed E-state index contributed by atoms with van der Waals surface area (Å²) < 4.78 is 1.15. The van der Waals surface area contributed by atoms with Crippen molar-refractivity contribution in [3.8, 4) is 0 Å². The van der Waals surface area contributed by atoms with Crippen LogP contribution < -0.4 is 10.6 Å². The summed E-state index contributed by atoms with van der Waals surface area (Å²) >= 11 is 3.49. The van der Waals surface area contributed by atoms with E-state index in [0.29, 0.717) is 12.1 Å². The molecule has 1 aliphatic heterocycles. The maximum atomic E-state index is 4.33. The first-order valence-electron chi connectivity index (χ1n) is 8.19. The molecule has 1 saturated carbocycles. The molecule has 0 spiro atoms. The molecule has 1 aromatic carbocycles. The number of hydrogen-bond donors (Lipinski definition) is 2. The molecular weight excluding hydrogens is 467 g/mol. The SMILES string of the molecule is CN=C(NC1CC1)NC1CCN(Cc2ccc(Br)cc2)CC1.I. The van der Waals surface area contributed by atoms with Gasteiger partial charge in [-0.3, -0.25) is 9.89 Å². The average molecular weight is 493 g/mol. The third kappa shape index (κ3) is 6.23. The Bertz CT molecular complexity index is 508. The van der Waals surface area contributed by atoms with E-state index in [1.54, 1.807) is 0 Å². The summed E-state index contributed by atoms with van der Waals surface area (Å²) in [6.07, 6.45) is 4.93. The highest BCUT2D eigenvalue weighted by molar-refractivity contribution is 14.0. The van der Waals surface area contributed by atoms with E-state index >= 15 is 0 Å². The summed E-state index contributed by atoms with van der Waals surface area (Å²) in [5.74, 6) is 0.980. The van der Waals surface area contributed by atoms with E-state index < -0.39 is 0 Å². The van der Waals surface area contributed by atoms with Gasteiger partial charge in [-0.25, -0.2) is 0 Å². The van der Waals surface area contributed by atoms with E-state index in [0.717, 1.165) is 30.1 Å². The van der Waals surface area contributed by atoms with Crippen molar-refractivity contribution in [3.05, 3.63) is 34.3 Å². The molecule has 2 N–H and O–H groups in total. The topological polar surface area (TPSA) is 39.7 Å². The van der Waals surface area contributed by atoms with Gasteiger partial charge in [0.1, 0.15) is 0 Å². The number of rotatable bonds is 4. The number of guanidine groups is 1. The van der Waals surface area contributed by atoms with Crippen molar-refractivity contribution >= 4 is 45.9 Å². The first-order valence-corrected chi connectivity index (χ1v) is 8.99. The predicted octanol–water partition coefficient (Wildman–Crippen LogP) is 3.36. The zero-order valence-electron chi connectivity index (χ0n) is 13.6. The predicted molar refractivity (Wildman–Crippen MR) is 111 cm³/mol. The van der Waals surface area contributed by atoms with Gasteiger partial charge in [0, 0.05) is 43.2 Å². The molecular formula is C17H26BrIN4. The minimum Gasteiger partial charge on any atom is -0.354 e. The monoisotopic (exact) mass is 492 g/mol. The molecule has 0 bridgehead atoms. The standard InChI is InChI=1S/C17H25BrN4.HI/c1-19-17(20-15-6-7-15)21-16-8-10-22(11-9-16)12-13-2-4-14(18)5-3-13;/h2-5,15-16H,6-12H2,1H3,(H2,19,20,21);1H. The Labute approximate surface area is 164 Å². The lowest BCUT2D eigenvalue weighted by Gasteiger charge is -2.33. The largest absolute Gasteiger partial charge is 0.354 e. The van der Waals surface area contributed by atoms with Crippen LogP contribution in [0.4, 0.5) is 0 Å². The number of aliphatic imine (C=N–C) groups is 1. The molecule has 0 radical (unpaired) electrons. The summed E-state index contributed by atoms with van der Waals surface area (Å²) in [7, 11) is 1.86. The van der Waals surface area contributed by atoms with Gasteiger partial charge in [0.05, 0.1) is 0 Å². The average Bonchev–Trinajstić information content (AvgIpc) is 3.35. The Kier molecular flexibility index (Phi) is 7.62. The Morgan fingerprint density at radius 2 is 1.65 bits per heavy atom. The summed E-state index contributed by atoms with van der Waals surface area (Å²) in [6, 6.07) is 9.86. The van der Waals surface area contributed by atoms with Crippen LogP contribution in [-0.2, 0) is 6.54 Å². The molecule has 1 saturated heterocycles. The number of nitrogens with zero attached hydrogens (tertiary/aromatic N) is 2. The van der Waals surface area contributed by atoms with Crippen molar-refractivity contribution in [3.63, 3.8) is 0 Å². The van der Waals surface area contributed by atoms with Crippen LogP contribution in [0.5, 0.6) is 0 Å². The number of benzene rings is 1. The lowest BCUT2D eigenvalue weighted by molar-refractivity contribution is 0.198. The first kappa shape index (κ1) is 19.0. The van der Waals surface area contributed by atoms with Crippen molar-refractivity contribution in [2.75, 3.05) is 20.1 Å². The zero-order valence-corrected chi connectivity index (χ0v) is 17.5. The molecule has 2 aliphatic rings. The van der Waals surface area contributed by atoms with Gasteiger partial charge in [-0.15, -0.1) is 24.0 Å². The fraction of sp³-hybridized carbons (Fsp3) is 0.588. The number of halogens is 2. The molecule has 2 fully saturated rings. The van der Waals surface area contributed by atoms with Gasteiger partial charge in [0.25, 0.3) is 0 Å². The fourth-order valence-corrected chi connectivity index (χ4v) is 3.13. The second kappa shape index (κ2) is 9.22. The van der Waals surface area contributed by atoms with E-state index in [1.165, 1.54) is 31.2 Å². The summed E-state index contributed by atoms with van der Waals surface area (Å²) in [5.41, 5.74) is 1.39. The summed E-state index contributed by atoms with van der Waals surface area (Å²) in [4.78, 5) is 6.87. The van der Waals surface area contributed by atoms with Crippen LogP contribution in [-0.4, -0.2) is 43.1 Å². The minimum absolute atomic E-state index is 0. The van der Waals surface area contributed by atoms with Gasteiger partial charge in [0.2, 0.25) is 0 Å². The van der Waals surface area contributed by atoms with Crippen molar-refractivity contribution in [1.82, 2.24) is 15.5 Å². The molecule has 4 nitrogen and oxygen atoms in total. The smallest absolute Gasteiger partial charge is 0.191 e. The second-order valence-electron chi connectivity index (χ2n) is 6.31. The van der Waals surface area contributed by atoms with Gasteiger partial charge in [-0.1, -0.05) is 28.1 Å². The van der Waals surface area contributed by atoms with E-state index in [-0.39, 0.29) is 24.0 Å². The molecule has 128 valence electrons. The summed E-state index contributed by atoms with van der Waals surface area (Å²) in [5, 5.41) is 7.04. The Hall–Kier alpha value is -0.340. The highest BCUT2D eigenvalue weighted by Gasteiger charge is 2.24. The van der Waals surface area contributed by atoms with Gasteiger partial charge < -0.3 is 10.6 Å². The lowest BCUT2D eigenvalue weighted by Crippen LogP contribution is -2.48. The molecule has 3 rings (SSSR count). The molecule has 1 heterocycles. The van der Waals surface area contributed by atoms with Crippen molar-refractivity contribution in [2.24, 2.45) is 4.99 Å². The third-order valence-electron chi connectivity index (χ3n) is 4.39. The molecule has 0 atom stereocenters. The third-order valence-corrected chi connectivity index (χ3v) is 4.92. The van der Waals surface area contributed by atoms with Crippen LogP contribution in [0.3, 0.4) is 0 Å². The molecule has 6 heteroatoms. The van der Waals surface area contributed by atoms with Crippen LogP contribution in [0.25, 0.3) is 0 Å². The van der Waals surface area contributed by atoms with Gasteiger partial charge in [-0.2, -0.15) is 0 Å². The fourth-order valence-electron chi connectivity index (χ4n) is 2.87. The number of nitrogens with one attached hydrogen (secondary N) is 2. The van der Waals surface area contributed by atoms with Crippen molar-refractivity contribution < 1.29 is 0 Å². The maximum absolute atomic E-state index is 4.33. The maximum Gasteiger partial charge on any atom is 0.191 e. The minimum atomic E-state index is 0. The highest BCUT2D eigenvalue weighted by atomic mass is 127. The number of likely N-dealkylation sites (tertiary alicyclic amines) is 1. The molecule has 23 heavy (non-hydrogen) atoms. The highest BCUT2D eigenvalue weighted by Crippen LogP contribution is 2.19. The van der Waals surface area contributed by atoms with Crippen molar-refractivity contribution in [2.45, 2.75) is 44.3 Å². The molecule has 1 aromatic rings. The second-order valence-corrected chi connectivity index (χ2v) is 7.23. The molecule has 1 aliphatic carbocycles. The van der Waals surface area contributed by atoms with Gasteiger partial charge in [0.15, 0.2) is 5.96 Å². The Morgan fingerprint density at radius 1 is 1.09 bits per heavy atom. The number of hydrogen-bond acceptors (Lipinski definition) is 2. The number of piperidine rings is 1. The van der Waals surface area contributed by atoms with Crippen LogP contribution in [0.1, 0.15) is 31.2 Å². The lowest BCUT2D eigenvalue weighted by atomic mass is 10.0. The van der Waals surface area contributed by atoms with Crippen LogP contribution >= 0.6 is 39.9 Å².